The molecule has 2 unspecified atom stereocenters. The van der Waals surface area contributed by atoms with Crippen LogP contribution >= 0.6 is 0 Å². The summed E-state index contributed by atoms with van der Waals surface area (Å²) in [6.45, 7) is 3.35. The molecule has 0 aliphatic heterocycles. The third-order valence-corrected chi connectivity index (χ3v) is 5.52. The molecule has 118 valence electrons. The Morgan fingerprint density at radius 1 is 1.05 bits per heavy atom. The summed E-state index contributed by atoms with van der Waals surface area (Å²) in [5.41, 5.74) is 1.22. The van der Waals surface area contributed by atoms with Crippen LogP contribution in [0.25, 0.3) is 0 Å². The lowest BCUT2D eigenvalue weighted by Gasteiger charge is -2.23. The molecule has 2 aliphatic carbocycles. The maximum Gasteiger partial charge on any atom is 0.0762 e. The van der Waals surface area contributed by atoms with Gasteiger partial charge in [0, 0.05) is 18.8 Å². The minimum atomic E-state index is 0.657. The zero-order valence-electron chi connectivity index (χ0n) is 13.6. The van der Waals surface area contributed by atoms with Crippen LogP contribution in [0.5, 0.6) is 0 Å². The average molecular weight is 289 g/mol. The largest absolute Gasteiger partial charge is 0.308 e. The molecule has 2 aliphatic rings. The highest BCUT2D eigenvalue weighted by Crippen LogP contribution is 2.27. The van der Waals surface area contributed by atoms with Crippen molar-refractivity contribution in [2.45, 2.75) is 89.8 Å². The molecule has 2 saturated carbocycles. The first-order chi connectivity index (χ1) is 10.3. The van der Waals surface area contributed by atoms with Gasteiger partial charge in [-0.2, -0.15) is 5.10 Å². The lowest BCUT2D eigenvalue weighted by atomic mass is 9.96. The first kappa shape index (κ1) is 15.1. The molecular weight excluding hydrogens is 258 g/mol. The van der Waals surface area contributed by atoms with E-state index in [0.717, 1.165) is 12.5 Å². The zero-order chi connectivity index (χ0) is 14.5. The van der Waals surface area contributed by atoms with Crippen molar-refractivity contribution in [2.75, 3.05) is 0 Å². The summed E-state index contributed by atoms with van der Waals surface area (Å²) < 4.78 is 2.23. The summed E-state index contributed by atoms with van der Waals surface area (Å²) in [5.74, 6) is 0.813. The van der Waals surface area contributed by atoms with Crippen molar-refractivity contribution in [2.24, 2.45) is 5.92 Å². The van der Waals surface area contributed by atoms with E-state index in [1.807, 2.05) is 0 Å². The molecule has 2 fully saturated rings. The molecule has 0 aromatic carbocycles. The van der Waals surface area contributed by atoms with Crippen LogP contribution in [0.2, 0.25) is 0 Å². The van der Waals surface area contributed by atoms with Gasteiger partial charge in [0.25, 0.3) is 0 Å². The van der Waals surface area contributed by atoms with Gasteiger partial charge in [0.1, 0.15) is 0 Å². The van der Waals surface area contributed by atoms with Crippen LogP contribution < -0.4 is 5.32 Å². The maximum atomic E-state index is 4.82. The first-order valence-electron chi connectivity index (χ1n) is 9.10. The van der Waals surface area contributed by atoms with Gasteiger partial charge in [-0.1, -0.05) is 45.4 Å². The molecule has 0 amide bonds. The van der Waals surface area contributed by atoms with Crippen molar-refractivity contribution < 1.29 is 0 Å². The Balaban J connectivity index is 1.52. The van der Waals surface area contributed by atoms with E-state index in [2.05, 4.69) is 29.2 Å². The molecule has 3 rings (SSSR count). The summed E-state index contributed by atoms with van der Waals surface area (Å²) >= 11 is 0. The van der Waals surface area contributed by atoms with Gasteiger partial charge in [0.05, 0.1) is 11.7 Å². The molecule has 0 bridgehead atoms. The van der Waals surface area contributed by atoms with Gasteiger partial charge in [-0.25, -0.2) is 0 Å². The molecule has 3 nitrogen and oxygen atoms in total. The van der Waals surface area contributed by atoms with Crippen molar-refractivity contribution in [1.29, 1.82) is 0 Å². The maximum absolute atomic E-state index is 4.82. The van der Waals surface area contributed by atoms with Crippen molar-refractivity contribution in [3.8, 4) is 0 Å². The summed E-state index contributed by atoms with van der Waals surface area (Å²) in [6.07, 6.45) is 15.9. The fourth-order valence-electron chi connectivity index (χ4n) is 4.05. The zero-order valence-corrected chi connectivity index (χ0v) is 13.6. The quantitative estimate of drug-likeness (QED) is 0.830. The Kier molecular flexibility index (Phi) is 5.34. The van der Waals surface area contributed by atoms with E-state index in [0.29, 0.717) is 12.1 Å². The van der Waals surface area contributed by atoms with E-state index >= 15 is 0 Å². The fourth-order valence-corrected chi connectivity index (χ4v) is 4.05. The van der Waals surface area contributed by atoms with Gasteiger partial charge in [0.2, 0.25) is 0 Å². The number of hydrogen-bond donors (Lipinski definition) is 1. The number of hydrogen-bond acceptors (Lipinski definition) is 2. The van der Waals surface area contributed by atoms with Crippen LogP contribution in [0, 0.1) is 5.92 Å². The molecule has 0 saturated heterocycles. The molecule has 21 heavy (non-hydrogen) atoms. The minimum absolute atomic E-state index is 0.657. The normalized spacial score (nSPS) is 28.4. The van der Waals surface area contributed by atoms with Gasteiger partial charge < -0.3 is 5.32 Å². The van der Waals surface area contributed by atoms with Gasteiger partial charge in [0.15, 0.2) is 0 Å². The molecule has 1 aromatic rings. The third-order valence-electron chi connectivity index (χ3n) is 5.52. The molecule has 0 radical (unpaired) electrons. The standard InChI is InChI=1S/C18H31N3/c1-15-8-4-2-7-11-18(15)19-14-16-12-13-21(20-16)17-9-5-3-6-10-17/h12-13,15,17-19H,2-11,14H2,1H3. The monoisotopic (exact) mass is 289 g/mol. The lowest BCUT2D eigenvalue weighted by molar-refractivity contribution is 0.324. The summed E-state index contributed by atoms with van der Waals surface area (Å²) in [6, 6.07) is 3.56. The lowest BCUT2D eigenvalue weighted by Crippen LogP contribution is -2.33. The second kappa shape index (κ2) is 7.44. The summed E-state index contributed by atoms with van der Waals surface area (Å²) in [7, 11) is 0. The van der Waals surface area contributed by atoms with Gasteiger partial charge in [-0.15, -0.1) is 0 Å². The Morgan fingerprint density at radius 3 is 2.57 bits per heavy atom. The van der Waals surface area contributed by atoms with Gasteiger partial charge in [-0.05, 0) is 37.7 Å². The van der Waals surface area contributed by atoms with Crippen molar-refractivity contribution in [1.82, 2.24) is 15.1 Å². The fraction of sp³-hybridized carbons (Fsp3) is 0.833. The smallest absolute Gasteiger partial charge is 0.0762 e. The molecule has 1 aromatic heterocycles. The molecule has 1 heterocycles. The second-order valence-electron chi connectivity index (χ2n) is 7.18. The molecule has 3 heteroatoms. The van der Waals surface area contributed by atoms with Crippen LogP contribution in [0.3, 0.4) is 0 Å². The predicted octanol–water partition coefficient (Wildman–Crippen LogP) is 4.45. The van der Waals surface area contributed by atoms with Crippen molar-refractivity contribution in [3.05, 3.63) is 18.0 Å². The van der Waals surface area contributed by atoms with Crippen LogP contribution in [-0.4, -0.2) is 15.8 Å². The van der Waals surface area contributed by atoms with Crippen molar-refractivity contribution >= 4 is 0 Å². The number of nitrogens with zero attached hydrogens (tertiary/aromatic N) is 2. The van der Waals surface area contributed by atoms with Gasteiger partial charge in [-0.3, -0.25) is 4.68 Å². The SMILES string of the molecule is CC1CCCCCC1NCc1ccn(C2CCCCC2)n1. The minimum Gasteiger partial charge on any atom is -0.308 e. The Morgan fingerprint density at radius 2 is 1.76 bits per heavy atom. The number of aromatic nitrogens is 2. The van der Waals surface area contributed by atoms with Crippen LogP contribution in [-0.2, 0) is 6.54 Å². The molecular formula is C18H31N3. The van der Waals surface area contributed by atoms with E-state index in [9.17, 15) is 0 Å². The van der Waals surface area contributed by atoms with Crippen LogP contribution in [0.15, 0.2) is 12.3 Å². The van der Waals surface area contributed by atoms with E-state index in [4.69, 9.17) is 5.10 Å². The summed E-state index contributed by atoms with van der Waals surface area (Å²) in [5, 5.41) is 8.59. The highest BCUT2D eigenvalue weighted by atomic mass is 15.3. The van der Waals surface area contributed by atoms with E-state index in [1.165, 1.54) is 69.9 Å². The van der Waals surface area contributed by atoms with Crippen LogP contribution in [0.4, 0.5) is 0 Å². The number of rotatable bonds is 4. The highest BCUT2D eigenvalue weighted by molar-refractivity contribution is 5.00. The summed E-state index contributed by atoms with van der Waals surface area (Å²) in [4.78, 5) is 0. The van der Waals surface area contributed by atoms with E-state index in [-0.39, 0.29) is 0 Å². The Hall–Kier alpha value is -0.830. The third kappa shape index (κ3) is 4.09. The second-order valence-corrected chi connectivity index (χ2v) is 7.18. The Bertz CT molecular complexity index is 420. The van der Waals surface area contributed by atoms with E-state index in [1.54, 1.807) is 0 Å². The number of nitrogens with one attached hydrogen (secondary N) is 1. The highest BCUT2D eigenvalue weighted by Gasteiger charge is 2.20. The first-order valence-corrected chi connectivity index (χ1v) is 9.10. The average Bonchev–Trinajstić information content (AvgIpc) is 2.90. The topological polar surface area (TPSA) is 29.9 Å². The van der Waals surface area contributed by atoms with Crippen molar-refractivity contribution in [3.63, 3.8) is 0 Å². The van der Waals surface area contributed by atoms with E-state index < -0.39 is 0 Å². The predicted molar refractivity (Wildman–Crippen MR) is 87.2 cm³/mol. The van der Waals surface area contributed by atoms with Crippen LogP contribution in [0.1, 0.15) is 82.9 Å². The molecule has 0 spiro atoms. The Labute approximate surface area is 129 Å². The molecule has 2 atom stereocenters. The van der Waals surface area contributed by atoms with Gasteiger partial charge >= 0.3 is 0 Å². The molecule has 1 N–H and O–H groups in total.